The molecule has 162 valence electrons. The molecule has 1 amide bonds. The number of carbonyl (C=O) groups excluding carboxylic acids is 1. The molecule has 0 saturated heterocycles. The Morgan fingerprint density at radius 3 is 2.30 bits per heavy atom. The molecule has 10 heteroatoms. The smallest absolute Gasteiger partial charge is 0.260 e. The second kappa shape index (κ2) is 10.7. The highest BCUT2D eigenvalue weighted by Crippen LogP contribution is 2.33. The van der Waals surface area contributed by atoms with E-state index in [2.05, 4.69) is 29.3 Å². The van der Waals surface area contributed by atoms with E-state index >= 15 is 0 Å². The van der Waals surface area contributed by atoms with Crippen LogP contribution in [0.1, 0.15) is 19.4 Å². The van der Waals surface area contributed by atoms with Gasteiger partial charge in [0.25, 0.3) is 5.91 Å². The minimum absolute atomic E-state index is 0.0502. The van der Waals surface area contributed by atoms with E-state index in [4.69, 9.17) is 23.2 Å². The van der Waals surface area contributed by atoms with Crippen molar-refractivity contribution in [2.24, 2.45) is 5.10 Å². The number of carbonyl (C=O) groups is 1. The first-order valence-corrected chi connectivity index (χ1v) is 11.9. The third-order valence-electron chi connectivity index (χ3n) is 4.31. The molecular formula is C20H24Cl2N4O3S. The van der Waals surface area contributed by atoms with E-state index in [1.54, 1.807) is 6.07 Å². The van der Waals surface area contributed by atoms with E-state index < -0.39 is 22.5 Å². The van der Waals surface area contributed by atoms with Gasteiger partial charge in [-0.05, 0) is 43.7 Å². The lowest BCUT2D eigenvalue weighted by atomic mass is 10.2. The van der Waals surface area contributed by atoms with Crippen molar-refractivity contribution in [1.29, 1.82) is 0 Å². The normalized spacial score (nSPS) is 11.5. The predicted molar refractivity (Wildman–Crippen MR) is 124 cm³/mol. The van der Waals surface area contributed by atoms with Gasteiger partial charge in [-0.25, -0.2) is 13.8 Å². The summed E-state index contributed by atoms with van der Waals surface area (Å²) >= 11 is 12.1. The van der Waals surface area contributed by atoms with Crippen molar-refractivity contribution in [2.45, 2.75) is 13.8 Å². The van der Waals surface area contributed by atoms with Gasteiger partial charge in [-0.1, -0.05) is 41.4 Å². The molecule has 0 bridgehead atoms. The van der Waals surface area contributed by atoms with Gasteiger partial charge in [-0.2, -0.15) is 5.10 Å². The van der Waals surface area contributed by atoms with Crippen molar-refractivity contribution in [1.82, 2.24) is 5.43 Å². The van der Waals surface area contributed by atoms with Crippen molar-refractivity contribution in [3.8, 4) is 0 Å². The van der Waals surface area contributed by atoms with Gasteiger partial charge < -0.3 is 4.90 Å². The molecular weight excluding hydrogens is 447 g/mol. The number of hydrogen-bond acceptors (Lipinski definition) is 5. The molecule has 1 N–H and O–H groups in total. The zero-order valence-electron chi connectivity index (χ0n) is 17.0. The summed E-state index contributed by atoms with van der Waals surface area (Å²) in [5.74, 6) is -0.618. The molecule has 7 nitrogen and oxygen atoms in total. The number of nitrogens with zero attached hydrogens (tertiary/aromatic N) is 3. The van der Waals surface area contributed by atoms with Gasteiger partial charge in [0.15, 0.2) is 0 Å². The summed E-state index contributed by atoms with van der Waals surface area (Å²) in [5.41, 5.74) is 4.35. The van der Waals surface area contributed by atoms with Crippen LogP contribution in [0.5, 0.6) is 0 Å². The number of rotatable bonds is 9. The third kappa shape index (κ3) is 6.35. The van der Waals surface area contributed by atoms with Crippen LogP contribution in [0.15, 0.2) is 47.6 Å². The summed E-state index contributed by atoms with van der Waals surface area (Å²) in [7, 11) is -3.77. The fourth-order valence-electron chi connectivity index (χ4n) is 2.77. The van der Waals surface area contributed by atoms with Crippen molar-refractivity contribution in [3.63, 3.8) is 0 Å². The Balaban J connectivity index is 2.07. The van der Waals surface area contributed by atoms with E-state index in [-0.39, 0.29) is 15.7 Å². The van der Waals surface area contributed by atoms with Gasteiger partial charge in [0, 0.05) is 18.8 Å². The van der Waals surface area contributed by atoms with Crippen molar-refractivity contribution < 1.29 is 13.2 Å². The number of benzene rings is 2. The van der Waals surface area contributed by atoms with E-state index in [0.29, 0.717) is 0 Å². The van der Waals surface area contributed by atoms with Crippen LogP contribution in [0, 0.1) is 0 Å². The number of hydrazone groups is 1. The van der Waals surface area contributed by atoms with Gasteiger partial charge in [0.05, 0.1) is 28.2 Å². The lowest BCUT2D eigenvalue weighted by Crippen LogP contribution is -2.39. The third-order valence-corrected chi connectivity index (χ3v) is 6.25. The summed E-state index contributed by atoms with van der Waals surface area (Å²) in [6.45, 7) is 5.51. The van der Waals surface area contributed by atoms with Crippen molar-refractivity contribution in [3.05, 3.63) is 58.1 Å². The standard InChI is InChI=1S/C20H24Cl2N4O3S/c1-4-25(5-2)16-11-9-15(10-12-16)13-23-24-19(27)14-26(30(3,28)29)18-8-6-7-17(21)20(18)22/h6-13H,4-5,14H2,1-3H3,(H,24,27)/b23-13-. The topological polar surface area (TPSA) is 82.1 Å². The Morgan fingerprint density at radius 1 is 1.10 bits per heavy atom. The summed E-state index contributed by atoms with van der Waals surface area (Å²) < 4.78 is 25.2. The predicted octanol–water partition coefficient (Wildman–Crippen LogP) is 3.76. The fourth-order valence-corrected chi connectivity index (χ4v) is 4.08. The summed E-state index contributed by atoms with van der Waals surface area (Å²) in [6, 6.07) is 12.3. The molecule has 0 fully saturated rings. The average Bonchev–Trinajstić information content (AvgIpc) is 2.70. The minimum atomic E-state index is -3.77. The van der Waals surface area contributed by atoms with E-state index in [0.717, 1.165) is 34.9 Å². The molecule has 2 aromatic carbocycles. The first-order valence-electron chi connectivity index (χ1n) is 9.26. The quantitative estimate of drug-likeness (QED) is 0.446. The van der Waals surface area contributed by atoms with Gasteiger partial charge in [-0.15, -0.1) is 0 Å². The Morgan fingerprint density at radius 2 is 1.73 bits per heavy atom. The molecule has 0 heterocycles. The van der Waals surface area contributed by atoms with Crippen LogP contribution in [0.4, 0.5) is 11.4 Å². The number of amides is 1. The van der Waals surface area contributed by atoms with Crippen LogP contribution in [-0.4, -0.2) is 46.4 Å². The van der Waals surface area contributed by atoms with E-state index in [1.165, 1.54) is 18.3 Å². The van der Waals surface area contributed by atoms with Crippen LogP contribution in [0.2, 0.25) is 10.0 Å². The van der Waals surface area contributed by atoms with Crippen molar-refractivity contribution >= 4 is 56.7 Å². The van der Waals surface area contributed by atoms with Gasteiger partial charge in [0.1, 0.15) is 6.54 Å². The molecule has 0 atom stereocenters. The zero-order chi connectivity index (χ0) is 22.3. The maximum atomic E-state index is 12.3. The highest BCUT2D eigenvalue weighted by Gasteiger charge is 2.23. The second-order valence-corrected chi connectivity index (χ2v) is 9.09. The highest BCUT2D eigenvalue weighted by atomic mass is 35.5. The van der Waals surface area contributed by atoms with Crippen LogP contribution in [0.3, 0.4) is 0 Å². The number of hydrogen-bond donors (Lipinski definition) is 1. The molecule has 2 rings (SSSR count). The van der Waals surface area contributed by atoms with Crippen LogP contribution >= 0.6 is 23.2 Å². The fraction of sp³-hybridized carbons (Fsp3) is 0.300. The maximum Gasteiger partial charge on any atom is 0.260 e. The first-order chi connectivity index (χ1) is 14.2. The summed E-state index contributed by atoms with van der Waals surface area (Å²) in [4.78, 5) is 14.5. The number of anilines is 2. The molecule has 0 spiro atoms. The highest BCUT2D eigenvalue weighted by molar-refractivity contribution is 7.92. The Kier molecular flexibility index (Phi) is 8.52. The number of nitrogens with one attached hydrogen (secondary N) is 1. The molecule has 0 unspecified atom stereocenters. The van der Waals surface area contributed by atoms with Crippen LogP contribution in [0.25, 0.3) is 0 Å². The summed E-state index contributed by atoms with van der Waals surface area (Å²) in [5, 5.41) is 4.15. The Hall–Kier alpha value is -2.29. The Labute approximate surface area is 187 Å². The molecule has 2 aromatic rings. The number of halogens is 2. The van der Waals surface area contributed by atoms with Crippen LogP contribution < -0.4 is 14.6 Å². The van der Waals surface area contributed by atoms with Gasteiger partial charge >= 0.3 is 0 Å². The van der Waals surface area contributed by atoms with E-state index in [1.807, 2.05) is 24.3 Å². The van der Waals surface area contributed by atoms with Crippen molar-refractivity contribution in [2.75, 3.05) is 35.1 Å². The lowest BCUT2D eigenvalue weighted by molar-refractivity contribution is -0.119. The maximum absolute atomic E-state index is 12.3. The lowest BCUT2D eigenvalue weighted by Gasteiger charge is -2.22. The van der Waals surface area contributed by atoms with Crippen LogP contribution in [-0.2, 0) is 14.8 Å². The molecule has 0 saturated carbocycles. The molecule has 0 radical (unpaired) electrons. The summed E-state index contributed by atoms with van der Waals surface area (Å²) in [6.07, 6.45) is 2.47. The largest absolute Gasteiger partial charge is 0.372 e. The number of sulfonamides is 1. The van der Waals surface area contributed by atoms with Gasteiger partial charge in [-0.3, -0.25) is 9.10 Å². The molecule has 0 aliphatic rings. The van der Waals surface area contributed by atoms with E-state index in [9.17, 15) is 13.2 Å². The average molecular weight is 471 g/mol. The molecule has 0 aliphatic heterocycles. The SMILES string of the molecule is CCN(CC)c1ccc(/C=N\NC(=O)CN(c2cccc(Cl)c2Cl)S(C)(=O)=O)cc1. The monoisotopic (exact) mass is 470 g/mol. The van der Waals surface area contributed by atoms with Gasteiger partial charge in [0.2, 0.25) is 10.0 Å². The Bertz CT molecular complexity index is 1010. The molecule has 0 aliphatic carbocycles. The molecule has 30 heavy (non-hydrogen) atoms. The first kappa shape index (κ1) is 24.0. The zero-order valence-corrected chi connectivity index (χ0v) is 19.3. The second-order valence-electron chi connectivity index (χ2n) is 6.40. The minimum Gasteiger partial charge on any atom is -0.372 e. The molecule has 0 aromatic heterocycles.